The van der Waals surface area contributed by atoms with Crippen LogP contribution in [0.15, 0.2) is 122 Å². The summed E-state index contributed by atoms with van der Waals surface area (Å²) in [6.07, 6.45) is 3.68. The van der Waals surface area contributed by atoms with Crippen molar-refractivity contribution in [2.45, 2.75) is 0 Å². The van der Waals surface area contributed by atoms with E-state index in [0.717, 1.165) is 44.9 Å². The van der Waals surface area contributed by atoms with Gasteiger partial charge in [-0.15, -0.1) is 48.0 Å². The molecule has 4 aromatic carbocycles. The SMILES string of the molecule is [Pt+2].[c-]1c(-c2ccc3ccccc3n2)cccc1N(c1[c-]c(-n2cccn2)ccc1)c1ccccc1. The van der Waals surface area contributed by atoms with Gasteiger partial charge in [-0.05, 0) is 46.7 Å². The maximum absolute atomic E-state index is 4.87. The van der Waals surface area contributed by atoms with Crippen LogP contribution in [0.1, 0.15) is 0 Å². The maximum Gasteiger partial charge on any atom is 2.00 e. The molecule has 0 unspecified atom stereocenters. The standard InChI is InChI=1S/C30H20N4.Pt/c1-2-11-25(12-3-1)34(28-15-7-13-26(22-28)33-20-8-19-31-33)27-14-6-10-24(21-27)30-18-17-23-9-4-5-16-29(23)32-30;/h1-20H;/q-2;+2. The summed E-state index contributed by atoms with van der Waals surface area (Å²) in [5, 5.41) is 5.49. The van der Waals surface area contributed by atoms with Crippen LogP contribution in [0.5, 0.6) is 0 Å². The first kappa shape index (κ1) is 22.8. The van der Waals surface area contributed by atoms with E-state index in [9.17, 15) is 0 Å². The minimum Gasteiger partial charge on any atom is -0.352 e. The van der Waals surface area contributed by atoms with Crippen molar-refractivity contribution in [2.24, 2.45) is 0 Å². The first-order chi connectivity index (χ1) is 16.8. The molecule has 6 aromatic rings. The largest absolute Gasteiger partial charge is 2.00 e. The molecule has 0 radical (unpaired) electrons. The van der Waals surface area contributed by atoms with Crippen molar-refractivity contribution in [1.82, 2.24) is 14.8 Å². The van der Waals surface area contributed by atoms with Crippen molar-refractivity contribution >= 4 is 28.0 Å². The van der Waals surface area contributed by atoms with E-state index in [0.29, 0.717) is 0 Å². The third-order valence-corrected chi connectivity index (χ3v) is 5.67. The number of hydrogen-bond donors (Lipinski definition) is 0. The zero-order valence-electron chi connectivity index (χ0n) is 18.7. The topological polar surface area (TPSA) is 34.0 Å². The van der Waals surface area contributed by atoms with Gasteiger partial charge < -0.3 is 4.90 Å². The Morgan fingerprint density at radius 2 is 1.43 bits per heavy atom. The van der Waals surface area contributed by atoms with Crippen molar-refractivity contribution in [1.29, 1.82) is 0 Å². The second-order valence-electron chi connectivity index (χ2n) is 7.88. The summed E-state index contributed by atoms with van der Waals surface area (Å²) < 4.78 is 1.81. The van der Waals surface area contributed by atoms with E-state index in [1.54, 1.807) is 6.20 Å². The minimum absolute atomic E-state index is 0. The molecule has 5 heteroatoms. The zero-order valence-corrected chi connectivity index (χ0v) is 20.9. The van der Waals surface area contributed by atoms with Crippen molar-refractivity contribution in [3.05, 3.63) is 134 Å². The Kier molecular flexibility index (Phi) is 6.56. The number of para-hydroxylation sites is 2. The molecule has 2 aromatic heterocycles. The summed E-state index contributed by atoms with van der Waals surface area (Å²) >= 11 is 0. The van der Waals surface area contributed by atoms with Gasteiger partial charge in [0.1, 0.15) is 0 Å². The van der Waals surface area contributed by atoms with Crippen LogP contribution in [0.2, 0.25) is 0 Å². The summed E-state index contributed by atoms with van der Waals surface area (Å²) in [7, 11) is 0. The smallest absolute Gasteiger partial charge is 0.352 e. The van der Waals surface area contributed by atoms with Gasteiger partial charge >= 0.3 is 21.1 Å². The normalized spacial score (nSPS) is 10.6. The first-order valence-corrected chi connectivity index (χ1v) is 11.1. The van der Waals surface area contributed by atoms with E-state index in [1.807, 2.05) is 77.6 Å². The van der Waals surface area contributed by atoms with Gasteiger partial charge in [-0.2, -0.15) is 11.2 Å². The van der Waals surface area contributed by atoms with Crippen LogP contribution in [0.3, 0.4) is 0 Å². The summed E-state index contributed by atoms with van der Waals surface area (Å²) in [6, 6.07) is 43.8. The third-order valence-electron chi connectivity index (χ3n) is 5.67. The Hall–Kier alpha value is -4.01. The van der Waals surface area contributed by atoms with Crippen LogP contribution < -0.4 is 4.90 Å². The van der Waals surface area contributed by atoms with E-state index < -0.39 is 0 Å². The molecule has 35 heavy (non-hydrogen) atoms. The molecule has 0 N–H and O–H groups in total. The van der Waals surface area contributed by atoms with Crippen molar-refractivity contribution < 1.29 is 21.1 Å². The number of pyridine rings is 1. The number of anilines is 3. The summed E-state index contributed by atoms with van der Waals surface area (Å²) in [4.78, 5) is 7.02. The van der Waals surface area contributed by atoms with E-state index >= 15 is 0 Å². The Morgan fingerprint density at radius 3 is 2.26 bits per heavy atom. The van der Waals surface area contributed by atoms with Crippen LogP contribution in [0, 0.1) is 12.1 Å². The molecule has 170 valence electrons. The molecule has 0 fully saturated rings. The molecular weight excluding hydrogens is 611 g/mol. The van der Waals surface area contributed by atoms with Gasteiger partial charge in [0.15, 0.2) is 0 Å². The molecule has 0 aliphatic heterocycles. The Balaban J connectivity index is 0.00000253. The van der Waals surface area contributed by atoms with Crippen LogP contribution in [0.4, 0.5) is 17.1 Å². The summed E-state index contributed by atoms with van der Waals surface area (Å²) in [6.45, 7) is 0. The predicted molar refractivity (Wildman–Crippen MR) is 137 cm³/mol. The molecule has 0 amide bonds. The fourth-order valence-electron chi connectivity index (χ4n) is 4.06. The second-order valence-corrected chi connectivity index (χ2v) is 7.88. The van der Waals surface area contributed by atoms with Gasteiger partial charge in [0.2, 0.25) is 0 Å². The Bertz CT molecular complexity index is 1560. The van der Waals surface area contributed by atoms with Crippen LogP contribution in [-0.4, -0.2) is 14.8 Å². The average molecular weight is 632 g/mol. The van der Waals surface area contributed by atoms with Gasteiger partial charge in [0, 0.05) is 18.1 Å². The number of benzene rings is 4. The monoisotopic (exact) mass is 631 g/mol. The Labute approximate surface area is 218 Å². The molecular formula is C30H20N4Pt. The molecule has 0 bridgehead atoms. The first-order valence-electron chi connectivity index (χ1n) is 11.1. The molecule has 0 saturated carbocycles. The molecule has 0 aliphatic carbocycles. The number of nitrogens with zero attached hydrogens (tertiary/aromatic N) is 4. The fraction of sp³-hybridized carbons (Fsp3) is 0. The fourth-order valence-corrected chi connectivity index (χ4v) is 4.06. The van der Waals surface area contributed by atoms with Crippen LogP contribution in [-0.2, 0) is 21.1 Å². The molecule has 2 heterocycles. The zero-order chi connectivity index (χ0) is 22.7. The maximum atomic E-state index is 4.87. The van der Waals surface area contributed by atoms with Gasteiger partial charge in [0.25, 0.3) is 0 Å². The molecule has 0 saturated heterocycles. The number of rotatable bonds is 5. The quantitative estimate of drug-likeness (QED) is 0.190. The third kappa shape index (κ3) is 4.66. The Morgan fingerprint density at radius 1 is 0.657 bits per heavy atom. The molecule has 6 rings (SSSR count). The molecule has 0 aliphatic rings. The van der Waals surface area contributed by atoms with E-state index in [-0.39, 0.29) is 21.1 Å². The minimum atomic E-state index is 0. The van der Waals surface area contributed by atoms with Crippen LogP contribution >= 0.6 is 0 Å². The van der Waals surface area contributed by atoms with Gasteiger partial charge in [-0.25, -0.2) is 0 Å². The summed E-state index contributed by atoms with van der Waals surface area (Å²) in [5.41, 5.74) is 6.51. The number of fused-ring (bicyclic) bond motifs is 1. The van der Waals surface area contributed by atoms with Crippen molar-refractivity contribution in [3.8, 4) is 16.9 Å². The van der Waals surface area contributed by atoms with E-state index in [4.69, 9.17) is 4.98 Å². The summed E-state index contributed by atoms with van der Waals surface area (Å²) in [5.74, 6) is 0. The molecule has 0 atom stereocenters. The number of aromatic nitrogens is 3. The average Bonchev–Trinajstić information content (AvgIpc) is 3.45. The van der Waals surface area contributed by atoms with Gasteiger partial charge in [0.05, 0.1) is 5.52 Å². The second kappa shape index (κ2) is 10.1. The molecule has 0 spiro atoms. The van der Waals surface area contributed by atoms with Gasteiger partial charge in [-0.1, -0.05) is 54.2 Å². The van der Waals surface area contributed by atoms with E-state index in [1.165, 1.54) is 0 Å². The van der Waals surface area contributed by atoms with Crippen LogP contribution in [0.25, 0.3) is 27.8 Å². The van der Waals surface area contributed by atoms with Gasteiger partial charge in [-0.3, -0.25) is 9.67 Å². The van der Waals surface area contributed by atoms with Crippen molar-refractivity contribution in [2.75, 3.05) is 4.90 Å². The number of hydrogen-bond acceptors (Lipinski definition) is 3. The molecule has 4 nitrogen and oxygen atoms in total. The van der Waals surface area contributed by atoms with Crippen molar-refractivity contribution in [3.63, 3.8) is 0 Å². The predicted octanol–water partition coefficient (Wildman–Crippen LogP) is 7.16. The van der Waals surface area contributed by atoms with E-state index in [2.05, 4.69) is 64.6 Å².